The molecule has 0 aliphatic heterocycles. The Kier molecular flexibility index (Phi) is 6.13. The molecule has 9 rings (SSSR count). The summed E-state index contributed by atoms with van der Waals surface area (Å²) in [7, 11) is 0. The molecule has 0 saturated heterocycles. The molecule has 0 N–H and O–H groups in total. The van der Waals surface area contributed by atoms with E-state index in [2.05, 4.69) is 129 Å². The van der Waals surface area contributed by atoms with Crippen LogP contribution in [0.3, 0.4) is 0 Å². The first-order chi connectivity index (χ1) is 23.5. The first kappa shape index (κ1) is 28.1. The van der Waals surface area contributed by atoms with E-state index in [-0.39, 0.29) is 5.41 Å². The van der Waals surface area contributed by atoms with E-state index in [0.29, 0.717) is 11.4 Å². The monoisotopic (exact) mass is 613 g/mol. The van der Waals surface area contributed by atoms with Gasteiger partial charge in [0.05, 0.1) is 28.4 Å². The van der Waals surface area contributed by atoms with E-state index in [1.54, 1.807) is 0 Å². The summed E-state index contributed by atoms with van der Waals surface area (Å²) in [5.74, 6) is 0.629. The van der Waals surface area contributed by atoms with Crippen molar-refractivity contribution in [1.82, 2.24) is 9.97 Å². The lowest BCUT2D eigenvalue weighted by Crippen LogP contribution is -2.40. The van der Waals surface area contributed by atoms with E-state index in [9.17, 15) is 5.26 Å². The second kappa shape index (κ2) is 10.5. The smallest absolute Gasteiger partial charge is 0.160 e. The van der Waals surface area contributed by atoms with Gasteiger partial charge in [0.1, 0.15) is 0 Å². The molecular formula is C45H31N3. The Balaban J connectivity index is 1.33. The molecule has 0 unspecified atom stereocenters. The Morgan fingerprint density at radius 2 is 0.979 bits per heavy atom. The maximum absolute atomic E-state index is 9.40. The number of nitrogens with zero attached hydrogens (tertiary/aromatic N) is 3. The van der Waals surface area contributed by atoms with Gasteiger partial charge in [-0.05, 0) is 80.9 Å². The van der Waals surface area contributed by atoms with Gasteiger partial charge in [-0.25, -0.2) is 9.97 Å². The van der Waals surface area contributed by atoms with Crippen LogP contribution in [0.15, 0.2) is 152 Å². The van der Waals surface area contributed by atoms with Gasteiger partial charge < -0.3 is 0 Å². The number of aromatic nitrogens is 2. The van der Waals surface area contributed by atoms with Crippen LogP contribution in [-0.2, 0) is 10.8 Å². The first-order valence-corrected chi connectivity index (χ1v) is 16.4. The molecule has 48 heavy (non-hydrogen) atoms. The fraction of sp³-hybridized carbons (Fsp3) is 0.0889. The van der Waals surface area contributed by atoms with Crippen molar-refractivity contribution in [2.75, 3.05) is 0 Å². The molecule has 7 aromatic rings. The highest BCUT2D eigenvalue weighted by atomic mass is 14.9. The lowest BCUT2D eigenvalue weighted by atomic mass is 9.55. The number of rotatable bonds is 3. The van der Waals surface area contributed by atoms with Crippen LogP contribution in [0.25, 0.3) is 45.0 Å². The SMILES string of the molecule is CC1(C)c2ccccc2C2(c3ccccc3-c3ccc(-c4cc(-c5ccccc5)nc(-c5ccc(C#N)cc5)n4)cc32)c2ccccc21. The summed E-state index contributed by atoms with van der Waals surface area (Å²) in [5, 5.41) is 9.40. The summed E-state index contributed by atoms with van der Waals surface area (Å²) in [5.41, 5.74) is 15.1. The second-order valence-corrected chi connectivity index (χ2v) is 13.3. The number of benzene rings is 6. The molecule has 1 spiro atoms. The zero-order valence-corrected chi connectivity index (χ0v) is 26.8. The minimum absolute atomic E-state index is 0.152. The molecule has 0 saturated carbocycles. The van der Waals surface area contributed by atoms with E-state index in [1.165, 1.54) is 44.5 Å². The van der Waals surface area contributed by atoms with E-state index in [0.717, 1.165) is 28.1 Å². The number of fused-ring (bicyclic) bond motifs is 9. The van der Waals surface area contributed by atoms with Crippen LogP contribution in [-0.4, -0.2) is 9.97 Å². The first-order valence-electron chi connectivity index (χ1n) is 16.4. The van der Waals surface area contributed by atoms with E-state index in [4.69, 9.17) is 9.97 Å². The summed E-state index contributed by atoms with van der Waals surface area (Å²) in [6.07, 6.45) is 0. The lowest BCUT2D eigenvalue weighted by molar-refractivity contribution is 0.563. The molecule has 1 aromatic heterocycles. The summed E-state index contributed by atoms with van der Waals surface area (Å²) in [4.78, 5) is 10.2. The third-order valence-corrected chi connectivity index (χ3v) is 10.4. The van der Waals surface area contributed by atoms with E-state index < -0.39 is 5.41 Å². The van der Waals surface area contributed by atoms with Crippen LogP contribution in [0.5, 0.6) is 0 Å². The molecule has 0 radical (unpaired) electrons. The van der Waals surface area contributed by atoms with E-state index in [1.807, 2.05) is 42.5 Å². The van der Waals surface area contributed by atoms with Crippen molar-refractivity contribution in [3.63, 3.8) is 0 Å². The minimum Gasteiger partial charge on any atom is -0.228 e. The van der Waals surface area contributed by atoms with Crippen molar-refractivity contribution in [2.24, 2.45) is 0 Å². The zero-order chi connectivity index (χ0) is 32.5. The predicted octanol–water partition coefficient (Wildman–Crippen LogP) is 10.4. The van der Waals surface area contributed by atoms with Gasteiger partial charge in [-0.3, -0.25) is 0 Å². The summed E-state index contributed by atoms with van der Waals surface area (Å²) in [6.45, 7) is 4.71. The lowest BCUT2D eigenvalue weighted by Gasteiger charge is -2.46. The quantitative estimate of drug-likeness (QED) is 0.199. The highest BCUT2D eigenvalue weighted by Crippen LogP contribution is 2.62. The highest BCUT2D eigenvalue weighted by molar-refractivity contribution is 5.90. The molecule has 3 heteroatoms. The minimum atomic E-state index is -0.476. The van der Waals surface area contributed by atoms with Crippen molar-refractivity contribution < 1.29 is 0 Å². The molecule has 1 heterocycles. The Morgan fingerprint density at radius 1 is 0.458 bits per heavy atom. The number of hydrogen-bond acceptors (Lipinski definition) is 3. The third kappa shape index (κ3) is 3.93. The molecule has 0 bridgehead atoms. The number of hydrogen-bond donors (Lipinski definition) is 0. The van der Waals surface area contributed by atoms with Crippen LogP contribution in [0.1, 0.15) is 52.8 Å². The zero-order valence-electron chi connectivity index (χ0n) is 26.8. The maximum Gasteiger partial charge on any atom is 0.160 e. The molecule has 2 aliphatic carbocycles. The topological polar surface area (TPSA) is 49.6 Å². The third-order valence-electron chi connectivity index (χ3n) is 10.4. The molecule has 226 valence electrons. The molecule has 2 aliphatic rings. The van der Waals surface area contributed by atoms with Crippen molar-refractivity contribution >= 4 is 0 Å². The van der Waals surface area contributed by atoms with Crippen molar-refractivity contribution in [2.45, 2.75) is 24.7 Å². The van der Waals surface area contributed by atoms with Gasteiger partial charge in [-0.15, -0.1) is 0 Å². The Labute approximate surface area is 280 Å². The van der Waals surface area contributed by atoms with Gasteiger partial charge in [0, 0.05) is 22.1 Å². The average molecular weight is 614 g/mol. The van der Waals surface area contributed by atoms with Gasteiger partial charge in [0.2, 0.25) is 0 Å². The highest BCUT2D eigenvalue weighted by Gasteiger charge is 2.53. The molecule has 0 atom stereocenters. The molecule has 6 aromatic carbocycles. The summed E-state index contributed by atoms with van der Waals surface area (Å²) < 4.78 is 0. The van der Waals surface area contributed by atoms with Crippen molar-refractivity contribution in [3.8, 4) is 51.1 Å². The van der Waals surface area contributed by atoms with Crippen molar-refractivity contribution in [3.05, 3.63) is 191 Å². The number of nitriles is 1. The fourth-order valence-corrected chi connectivity index (χ4v) is 8.19. The molecular weight excluding hydrogens is 583 g/mol. The Bertz CT molecular complexity index is 2380. The van der Waals surface area contributed by atoms with E-state index >= 15 is 0 Å². The normalized spacial score (nSPS) is 14.4. The summed E-state index contributed by atoms with van der Waals surface area (Å²) in [6, 6.07) is 55.9. The van der Waals surface area contributed by atoms with Crippen LogP contribution < -0.4 is 0 Å². The van der Waals surface area contributed by atoms with Gasteiger partial charge >= 0.3 is 0 Å². The predicted molar refractivity (Wildman–Crippen MR) is 192 cm³/mol. The van der Waals surface area contributed by atoms with Crippen LogP contribution in [0, 0.1) is 11.3 Å². The Hall–Kier alpha value is -6.11. The van der Waals surface area contributed by atoms with Crippen molar-refractivity contribution in [1.29, 1.82) is 5.26 Å². The summed E-state index contributed by atoms with van der Waals surface area (Å²) >= 11 is 0. The molecule has 3 nitrogen and oxygen atoms in total. The Morgan fingerprint density at radius 3 is 1.62 bits per heavy atom. The standard InChI is InChI=1S/C45H31N3/c1-44(2)36-16-8-10-18-38(36)45(39-19-11-9-17-37(39)44)35-15-7-6-14-33(35)34-25-24-32(26-40(34)45)42-27-41(30-12-4-3-5-13-30)47-43(48-42)31-22-20-29(28-46)21-23-31/h3-27H,1-2H3. The molecule has 0 fully saturated rings. The van der Waals surface area contributed by atoms with Gasteiger partial charge in [0.15, 0.2) is 5.82 Å². The maximum atomic E-state index is 9.40. The van der Waals surface area contributed by atoms with Crippen LogP contribution in [0.2, 0.25) is 0 Å². The van der Waals surface area contributed by atoms with Gasteiger partial charge in [-0.1, -0.05) is 129 Å². The van der Waals surface area contributed by atoms with Crippen LogP contribution in [0.4, 0.5) is 0 Å². The van der Waals surface area contributed by atoms with Crippen LogP contribution >= 0.6 is 0 Å². The van der Waals surface area contributed by atoms with Gasteiger partial charge in [0.25, 0.3) is 0 Å². The molecule has 0 amide bonds. The average Bonchev–Trinajstić information content (AvgIpc) is 3.44. The van der Waals surface area contributed by atoms with Gasteiger partial charge in [-0.2, -0.15) is 5.26 Å². The largest absolute Gasteiger partial charge is 0.228 e. The second-order valence-electron chi connectivity index (χ2n) is 13.3. The fourth-order valence-electron chi connectivity index (χ4n) is 8.19.